The minimum atomic E-state index is 0.737. The number of halogens is 1. The number of nitrogens with two attached hydrogens (primary N) is 1. The van der Waals surface area contributed by atoms with E-state index in [1.807, 2.05) is 18.2 Å². The molecule has 0 aromatic heterocycles. The molecule has 2 aromatic carbocycles. The topological polar surface area (TPSA) is 35.1 Å². The molecule has 0 atom stereocenters. The number of rotatable bonds is 8. The molecule has 20 heavy (non-hydrogen) atoms. The Morgan fingerprint density at radius 1 is 1.05 bits per heavy atom. The molecule has 0 unspecified atom stereocenters. The van der Waals surface area contributed by atoms with E-state index in [2.05, 4.69) is 39.4 Å². The van der Waals surface area contributed by atoms with Crippen molar-refractivity contribution >= 4 is 26.7 Å². The van der Waals surface area contributed by atoms with Crippen LogP contribution in [0.15, 0.2) is 40.9 Å². The normalized spacial score (nSPS) is 10.9. The molecule has 0 spiro atoms. The predicted molar refractivity (Wildman–Crippen MR) is 85.3 cm³/mol. The second-order valence-electron chi connectivity index (χ2n) is 4.66. The fraction of sp³-hybridized carbons (Fsp3) is 0.375. The van der Waals surface area contributed by atoms with Crippen molar-refractivity contribution < 1.29 is 14.8 Å². The highest BCUT2D eigenvalue weighted by Gasteiger charge is 2.05. The summed E-state index contributed by atoms with van der Waals surface area (Å²) >= 11 is 3.64. The van der Waals surface area contributed by atoms with Crippen molar-refractivity contribution in [2.24, 2.45) is 0 Å². The molecule has 0 fully saturated rings. The maximum Gasteiger partial charge on any atom is 0.134 e. The number of fused-ring (bicyclic) bond motifs is 1. The summed E-state index contributed by atoms with van der Waals surface area (Å²) in [6.45, 7) is 3.61. The standard InChI is InChI=1S/C16H20BrNO2/c1-19-12-10-18-9-4-11-20-15-8-7-13-5-2-3-6-14(13)16(15)17/h2-3,5-8,18H,4,9-12H2,1H3/p+1. The van der Waals surface area contributed by atoms with Crippen molar-refractivity contribution in [1.29, 1.82) is 0 Å². The first kappa shape index (κ1) is 15.3. The average molecular weight is 339 g/mol. The molecule has 0 radical (unpaired) electrons. The molecule has 0 aliphatic heterocycles. The van der Waals surface area contributed by atoms with E-state index in [1.165, 1.54) is 10.8 Å². The lowest BCUT2D eigenvalue weighted by Gasteiger charge is -2.10. The Balaban J connectivity index is 1.83. The van der Waals surface area contributed by atoms with Crippen LogP contribution in [-0.2, 0) is 4.74 Å². The van der Waals surface area contributed by atoms with E-state index in [-0.39, 0.29) is 0 Å². The van der Waals surface area contributed by atoms with Gasteiger partial charge in [0.25, 0.3) is 0 Å². The van der Waals surface area contributed by atoms with Gasteiger partial charge in [0.2, 0.25) is 0 Å². The fourth-order valence-corrected chi connectivity index (χ4v) is 2.69. The minimum Gasteiger partial charge on any atom is -0.492 e. The maximum absolute atomic E-state index is 5.85. The number of methoxy groups -OCH3 is 1. The third kappa shape index (κ3) is 4.20. The van der Waals surface area contributed by atoms with Gasteiger partial charge in [0, 0.05) is 13.5 Å². The molecule has 0 saturated carbocycles. The Bertz CT molecular complexity index is 545. The molecule has 4 heteroatoms. The smallest absolute Gasteiger partial charge is 0.134 e. The molecule has 0 aliphatic rings. The molecule has 2 rings (SSSR count). The van der Waals surface area contributed by atoms with Crippen molar-refractivity contribution in [3.8, 4) is 5.75 Å². The highest BCUT2D eigenvalue weighted by Crippen LogP contribution is 2.32. The second-order valence-corrected chi connectivity index (χ2v) is 5.45. The van der Waals surface area contributed by atoms with E-state index in [9.17, 15) is 0 Å². The van der Waals surface area contributed by atoms with Crippen LogP contribution < -0.4 is 10.1 Å². The summed E-state index contributed by atoms with van der Waals surface area (Å²) in [5.41, 5.74) is 0. The van der Waals surface area contributed by atoms with E-state index in [0.29, 0.717) is 0 Å². The zero-order valence-corrected chi connectivity index (χ0v) is 13.4. The van der Waals surface area contributed by atoms with E-state index in [0.717, 1.165) is 42.9 Å². The Hall–Kier alpha value is -1.10. The number of ether oxygens (including phenoxy) is 2. The summed E-state index contributed by atoms with van der Waals surface area (Å²) in [7, 11) is 1.73. The molecule has 0 amide bonds. The first-order chi connectivity index (χ1) is 9.83. The Labute approximate surface area is 128 Å². The maximum atomic E-state index is 5.85. The van der Waals surface area contributed by atoms with Crippen molar-refractivity contribution in [1.82, 2.24) is 0 Å². The van der Waals surface area contributed by atoms with Crippen molar-refractivity contribution in [3.63, 3.8) is 0 Å². The summed E-state index contributed by atoms with van der Waals surface area (Å²) in [6, 6.07) is 12.4. The summed E-state index contributed by atoms with van der Waals surface area (Å²) in [5.74, 6) is 0.917. The van der Waals surface area contributed by atoms with Gasteiger partial charge in [-0.2, -0.15) is 0 Å². The van der Waals surface area contributed by atoms with Crippen LogP contribution in [0, 0.1) is 0 Å². The third-order valence-corrected chi connectivity index (χ3v) is 3.98. The van der Waals surface area contributed by atoms with E-state index >= 15 is 0 Å². The molecule has 0 bridgehead atoms. The van der Waals surface area contributed by atoms with Gasteiger partial charge >= 0.3 is 0 Å². The number of quaternary nitrogens is 1. The monoisotopic (exact) mass is 338 g/mol. The van der Waals surface area contributed by atoms with Gasteiger partial charge in [-0.1, -0.05) is 30.3 Å². The SMILES string of the molecule is COCC[NH2+]CCCOc1ccc2ccccc2c1Br. The molecule has 0 aliphatic carbocycles. The predicted octanol–water partition coefficient (Wildman–Crippen LogP) is 2.58. The van der Waals surface area contributed by atoms with E-state index in [4.69, 9.17) is 9.47 Å². The van der Waals surface area contributed by atoms with Crippen molar-refractivity contribution in [2.75, 3.05) is 33.4 Å². The van der Waals surface area contributed by atoms with Crippen LogP contribution in [0.5, 0.6) is 5.75 Å². The summed E-state index contributed by atoms with van der Waals surface area (Å²) in [4.78, 5) is 0. The number of hydrogen-bond acceptors (Lipinski definition) is 2. The van der Waals surface area contributed by atoms with Crippen LogP contribution in [0.4, 0.5) is 0 Å². The van der Waals surface area contributed by atoms with Crippen molar-refractivity contribution in [2.45, 2.75) is 6.42 Å². The Morgan fingerprint density at radius 2 is 1.90 bits per heavy atom. The first-order valence-corrected chi connectivity index (χ1v) is 7.73. The quantitative estimate of drug-likeness (QED) is 0.751. The highest BCUT2D eigenvalue weighted by atomic mass is 79.9. The summed E-state index contributed by atoms with van der Waals surface area (Å²) in [5, 5.41) is 4.67. The molecular weight excluding hydrogens is 318 g/mol. The fourth-order valence-electron chi connectivity index (χ4n) is 2.08. The lowest BCUT2D eigenvalue weighted by molar-refractivity contribution is -0.656. The molecule has 2 aromatic rings. The molecule has 2 N–H and O–H groups in total. The zero-order valence-electron chi connectivity index (χ0n) is 11.8. The highest BCUT2D eigenvalue weighted by molar-refractivity contribution is 9.10. The van der Waals surface area contributed by atoms with Gasteiger partial charge < -0.3 is 14.8 Å². The largest absolute Gasteiger partial charge is 0.492 e. The number of hydrogen-bond donors (Lipinski definition) is 1. The number of benzene rings is 2. The van der Waals surface area contributed by atoms with Crippen LogP contribution in [0.2, 0.25) is 0 Å². The average Bonchev–Trinajstić information content (AvgIpc) is 2.49. The van der Waals surface area contributed by atoms with Crippen LogP contribution in [0.1, 0.15) is 6.42 Å². The van der Waals surface area contributed by atoms with Gasteiger partial charge in [-0.05, 0) is 32.8 Å². The van der Waals surface area contributed by atoms with Gasteiger partial charge in [0.1, 0.15) is 5.75 Å². The molecule has 3 nitrogen and oxygen atoms in total. The van der Waals surface area contributed by atoms with E-state index in [1.54, 1.807) is 7.11 Å². The van der Waals surface area contributed by atoms with Crippen LogP contribution >= 0.6 is 15.9 Å². The lowest BCUT2D eigenvalue weighted by atomic mass is 10.1. The molecule has 0 saturated heterocycles. The first-order valence-electron chi connectivity index (χ1n) is 6.93. The molecule has 0 heterocycles. The minimum absolute atomic E-state index is 0.737. The third-order valence-electron chi connectivity index (χ3n) is 3.16. The lowest BCUT2D eigenvalue weighted by Crippen LogP contribution is -2.85. The summed E-state index contributed by atoms with van der Waals surface area (Å²) < 4.78 is 11.9. The van der Waals surface area contributed by atoms with Gasteiger partial charge in [-0.25, -0.2) is 0 Å². The Morgan fingerprint density at radius 3 is 2.75 bits per heavy atom. The van der Waals surface area contributed by atoms with Crippen LogP contribution in [-0.4, -0.2) is 33.4 Å². The van der Waals surface area contributed by atoms with Gasteiger partial charge in [0.05, 0.1) is 30.8 Å². The van der Waals surface area contributed by atoms with Crippen LogP contribution in [0.3, 0.4) is 0 Å². The van der Waals surface area contributed by atoms with Gasteiger partial charge in [-0.15, -0.1) is 0 Å². The van der Waals surface area contributed by atoms with E-state index < -0.39 is 0 Å². The molecule has 108 valence electrons. The van der Waals surface area contributed by atoms with Gasteiger partial charge in [0.15, 0.2) is 0 Å². The summed E-state index contributed by atoms with van der Waals surface area (Å²) in [6.07, 6.45) is 1.03. The van der Waals surface area contributed by atoms with Crippen LogP contribution in [0.25, 0.3) is 10.8 Å². The zero-order chi connectivity index (χ0) is 14.2. The Kier molecular flexibility index (Phi) is 6.30. The molecular formula is C16H21BrNO2+. The van der Waals surface area contributed by atoms with Crippen molar-refractivity contribution in [3.05, 3.63) is 40.9 Å². The second kappa shape index (κ2) is 8.25. The van der Waals surface area contributed by atoms with Gasteiger partial charge in [-0.3, -0.25) is 0 Å².